The van der Waals surface area contributed by atoms with Gasteiger partial charge in [0.15, 0.2) is 11.7 Å². The maximum atomic E-state index is 11.6. The topological polar surface area (TPSA) is 88.7 Å². The van der Waals surface area contributed by atoms with Crippen molar-refractivity contribution in [3.8, 4) is 5.75 Å². The molecule has 2 amide bonds. The van der Waals surface area contributed by atoms with Crippen molar-refractivity contribution >= 4 is 56.9 Å². The molecule has 0 spiro atoms. The fraction of sp³-hybridized carbons (Fsp3) is 0.182. The molecule has 0 aromatic heterocycles. The van der Waals surface area contributed by atoms with Gasteiger partial charge in [-0.2, -0.15) is 0 Å². The average molecular weight is 397 g/mol. The molecule has 0 saturated carbocycles. The first-order valence-electron chi connectivity index (χ1n) is 5.44. The second-order valence-corrected chi connectivity index (χ2v) is 5.21. The van der Waals surface area contributed by atoms with Gasteiger partial charge < -0.3 is 9.47 Å². The third kappa shape index (κ3) is 6.61. The molecule has 0 atom stereocenters. The number of hydrogen-bond acceptors (Lipinski definition) is 5. The molecule has 0 aliphatic rings. The average Bonchev–Trinajstić information content (AvgIpc) is 2.43. The molecule has 1 rings (SSSR count). The minimum absolute atomic E-state index is 0.101. The number of rotatable bonds is 3. The van der Waals surface area contributed by atoms with Crippen molar-refractivity contribution < 1.29 is 19.1 Å². The van der Waals surface area contributed by atoms with E-state index in [0.29, 0.717) is 10.8 Å². The van der Waals surface area contributed by atoms with Crippen LogP contribution in [0.15, 0.2) is 22.7 Å². The lowest BCUT2D eigenvalue weighted by atomic mass is 10.3. The van der Waals surface area contributed by atoms with Gasteiger partial charge in [0.05, 0.1) is 12.1 Å². The number of nitrogens with one attached hydrogen (secondary N) is 3. The minimum Gasteiger partial charge on any atom is -0.482 e. The van der Waals surface area contributed by atoms with Crippen molar-refractivity contribution in [1.29, 1.82) is 0 Å². The molecule has 1 aromatic rings. The van der Waals surface area contributed by atoms with Gasteiger partial charge in [-0.25, -0.2) is 10.2 Å². The van der Waals surface area contributed by atoms with Gasteiger partial charge in [-0.3, -0.25) is 15.5 Å². The van der Waals surface area contributed by atoms with Crippen LogP contribution in [0.1, 0.15) is 0 Å². The first-order chi connectivity index (χ1) is 9.92. The van der Waals surface area contributed by atoms with Crippen LogP contribution in [0.4, 0.5) is 4.79 Å². The zero-order chi connectivity index (χ0) is 15.8. The predicted molar refractivity (Wildman–Crippen MR) is 84.1 cm³/mol. The van der Waals surface area contributed by atoms with E-state index in [9.17, 15) is 9.59 Å². The molecular weight excluding hydrogens is 386 g/mol. The fourth-order valence-electron chi connectivity index (χ4n) is 1.09. The smallest absolute Gasteiger partial charge is 0.425 e. The maximum absolute atomic E-state index is 11.6. The highest BCUT2D eigenvalue weighted by atomic mass is 79.9. The van der Waals surface area contributed by atoms with E-state index in [-0.39, 0.29) is 11.7 Å². The number of carbonyl (C=O) groups excluding carboxylic acids is 2. The van der Waals surface area contributed by atoms with Crippen LogP contribution in [0.2, 0.25) is 5.02 Å². The van der Waals surface area contributed by atoms with Crippen LogP contribution in [0.3, 0.4) is 0 Å². The van der Waals surface area contributed by atoms with Crippen LogP contribution in [0.25, 0.3) is 0 Å². The second-order valence-electron chi connectivity index (χ2n) is 3.48. The molecule has 1 aromatic carbocycles. The number of amides is 2. The van der Waals surface area contributed by atoms with Gasteiger partial charge in [-0.05, 0) is 30.4 Å². The van der Waals surface area contributed by atoms with Gasteiger partial charge in [0, 0.05) is 4.47 Å². The molecule has 0 heterocycles. The molecule has 0 saturated heterocycles. The van der Waals surface area contributed by atoms with Crippen molar-refractivity contribution in [2.75, 3.05) is 13.7 Å². The standard InChI is InChI=1S/C11H11BrClN3O4S/c1-19-11(18)16-15-10(21)14-9(17)5-20-8-3-2-6(12)4-7(8)13/h2-4H,5H2,1H3,(H,16,18)(H2,14,15,17,21). The van der Waals surface area contributed by atoms with Crippen LogP contribution < -0.4 is 20.9 Å². The molecule has 0 bridgehead atoms. The van der Waals surface area contributed by atoms with E-state index >= 15 is 0 Å². The van der Waals surface area contributed by atoms with Gasteiger partial charge >= 0.3 is 6.09 Å². The summed E-state index contributed by atoms with van der Waals surface area (Å²) >= 11 is 14.0. The van der Waals surface area contributed by atoms with Crippen molar-refractivity contribution in [2.24, 2.45) is 0 Å². The summed E-state index contributed by atoms with van der Waals surface area (Å²) in [4.78, 5) is 22.3. The lowest BCUT2D eigenvalue weighted by Crippen LogP contribution is -2.49. The zero-order valence-corrected chi connectivity index (χ0v) is 13.9. The van der Waals surface area contributed by atoms with Crippen molar-refractivity contribution in [2.45, 2.75) is 0 Å². The quantitative estimate of drug-likeness (QED) is 0.533. The van der Waals surface area contributed by atoms with Gasteiger partial charge in [0.1, 0.15) is 5.75 Å². The van der Waals surface area contributed by atoms with E-state index in [1.807, 2.05) is 0 Å². The molecule has 0 unspecified atom stereocenters. The van der Waals surface area contributed by atoms with Gasteiger partial charge in [-0.15, -0.1) is 0 Å². The van der Waals surface area contributed by atoms with E-state index in [1.54, 1.807) is 18.2 Å². The lowest BCUT2D eigenvalue weighted by Gasteiger charge is -2.11. The molecule has 3 N–H and O–H groups in total. The number of hydrogen-bond donors (Lipinski definition) is 3. The number of carbonyl (C=O) groups is 2. The van der Waals surface area contributed by atoms with Crippen LogP contribution in [0, 0.1) is 0 Å². The summed E-state index contributed by atoms with van der Waals surface area (Å²) in [7, 11) is 1.19. The fourth-order valence-corrected chi connectivity index (χ4v) is 1.98. The number of thiocarbonyl (C=S) groups is 1. The molecule has 7 nitrogen and oxygen atoms in total. The van der Waals surface area contributed by atoms with Gasteiger partial charge in [0.2, 0.25) is 0 Å². The van der Waals surface area contributed by atoms with Crippen molar-refractivity contribution in [3.05, 3.63) is 27.7 Å². The molecule has 10 heteroatoms. The molecule has 114 valence electrons. The Labute approximate surface area is 139 Å². The Bertz CT molecular complexity index is 558. The molecule has 21 heavy (non-hydrogen) atoms. The molecule has 0 aliphatic heterocycles. The van der Waals surface area contributed by atoms with Gasteiger partial charge in [-0.1, -0.05) is 27.5 Å². The maximum Gasteiger partial charge on any atom is 0.425 e. The molecule has 0 aliphatic carbocycles. The SMILES string of the molecule is COC(=O)NNC(=S)NC(=O)COc1ccc(Br)cc1Cl. The Hall–Kier alpha value is -1.58. The lowest BCUT2D eigenvalue weighted by molar-refractivity contribution is -0.121. The Morgan fingerprint density at radius 3 is 2.71 bits per heavy atom. The van der Waals surface area contributed by atoms with Crippen LogP contribution in [-0.4, -0.2) is 30.8 Å². The number of ether oxygens (including phenoxy) is 2. The first-order valence-corrected chi connectivity index (χ1v) is 7.02. The summed E-state index contributed by atoms with van der Waals surface area (Å²) in [5.74, 6) is -0.153. The van der Waals surface area contributed by atoms with Crippen molar-refractivity contribution in [1.82, 2.24) is 16.2 Å². The van der Waals surface area contributed by atoms with E-state index in [2.05, 4.69) is 36.8 Å². The third-order valence-electron chi connectivity index (χ3n) is 1.97. The number of methoxy groups -OCH3 is 1. The minimum atomic E-state index is -0.746. The monoisotopic (exact) mass is 395 g/mol. The largest absolute Gasteiger partial charge is 0.482 e. The number of halogens is 2. The predicted octanol–water partition coefficient (Wildman–Crippen LogP) is 1.74. The molecule has 0 radical (unpaired) electrons. The van der Waals surface area contributed by atoms with E-state index in [0.717, 1.165) is 4.47 Å². The summed E-state index contributed by atoms with van der Waals surface area (Å²) in [5.41, 5.74) is 4.36. The highest BCUT2D eigenvalue weighted by Gasteiger charge is 2.08. The third-order valence-corrected chi connectivity index (χ3v) is 2.96. The van der Waals surface area contributed by atoms with Gasteiger partial charge in [0.25, 0.3) is 5.91 Å². The van der Waals surface area contributed by atoms with E-state index in [4.69, 9.17) is 28.6 Å². The van der Waals surface area contributed by atoms with E-state index in [1.165, 1.54) is 7.11 Å². The summed E-state index contributed by atoms with van der Waals surface area (Å²) in [5, 5.41) is 2.56. The van der Waals surface area contributed by atoms with Crippen LogP contribution in [-0.2, 0) is 9.53 Å². The Balaban J connectivity index is 2.37. The number of hydrazine groups is 1. The zero-order valence-electron chi connectivity index (χ0n) is 10.7. The Morgan fingerprint density at radius 1 is 1.38 bits per heavy atom. The second kappa shape index (κ2) is 8.65. The summed E-state index contributed by atoms with van der Waals surface area (Å²) in [6.07, 6.45) is -0.746. The molecular formula is C11H11BrClN3O4S. The molecule has 0 fully saturated rings. The highest BCUT2D eigenvalue weighted by Crippen LogP contribution is 2.27. The normalized spacial score (nSPS) is 9.48. The summed E-state index contributed by atoms with van der Waals surface area (Å²) < 4.78 is 10.3. The summed E-state index contributed by atoms with van der Waals surface area (Å²) in [6, 6.07) is 4.99. The van der Waals surface area contributed by atoms with Crippen LogP contribution >= 0.6 is 39.7 Å². The number of benzene rings is 1. The van der Waals surface area contributed by atoms with E-state index < -0.39 is 12.0 Å². The van der Waals surface area contributed by atoms with Crippen LogP contribution in [0.5, 0.6) is 5.75 Å². The summed E-state index contributed by atoms with van der Waals surface area (Å²) in [6.45, 7) is -0.290. The first kappa shape index (κ1) is 17.5. The van der Waals surface area contributed by atoms with Crippen molar-refractivity contribution in [3.63, 3.8) is 0 Å². The highest BCUT2D eigenvalue weighted by molar-refractivity contribution is 9.10. The Morgan fingerprint density at radius 2 is 2.10 bits per heavy atom. The Kier molecular flexibility index (Phi) is 7.20.